The lowest BCUT2D eigenvalue weighted by Gasteiger charge is -2.06. The number of benzene rings is 3. The number of halogens is 6. The zero-order valence-corrected chi connectivity index (χ0v) is 23.9. The fourth-order valence-corrected chi connectivity index (χ4v) is 8.15. The Bertz CT molecular complexity index is 1870. The Morgan fingerprint density at radius 2 is 0.881 bits per heavy atom. The third-order valence-corrected chi connectivity index (χ3v) is 10.7. The largest absolute Gasteiger partial charge is 0.416 e. The smallest absolute Gasteiger partial charge is 0.244 e. The Labute approximate surface area is 248 Å². The van der Waals surface area contributed by atoms with Gasteiger partial charge in [-0.1, -0.05) is 24.3 Å². The van der Waals surface area contributed by atoms with Gasteiger partial charge in [0, 0.05) is 23.5 Å². The molecule has 0 radical (unpaired) electrons. The van der Waals surface area contributed by atoms with Gasteiger partial charge in [-0.3, -0.25) is 0 Å². The van der Waals surface area contributed by atoms with Crippen molar-refractivity contribution in [2.75, 3.05) is 0 Å². The van der Waals surface area contributed by atoms with Crippen LogP contribution in [0.5, 0.6) is 0 Å². The summed E-state index contributed by atoms with van der Waals surface area (Å²) < 4.78 is 79.2. The van der Waals surface area contributed by atoms with Crippen LogP contribution in [0.4, 0.5) is 26.3 Å². The number of aromatic nitrogens is 4. The van der Waals surface area contributed by atoms with Crippen LogP contribution in [0.2, 0.25) is 0 Å². The minimum absolute atomic E-state index is 0.599. The molecule has 0 unspecified atom stereocenters. The van der Waals surface area contributed by atoms with Gasteiger partial charge in [0.15, 0.2) is 0 Å². The SMILES string of the molecule is FC(F)(F)c1ccc(-c2ncc(-c3nc4cc5nc(-c6cnc(-c7ccc(C(F)(F)F)cc7)s6)sc5cc4s3)s2)cc1. The van der Waals surface area contributed by atoms with E-state index in [-0.39, 0.29) is 0 Å². The number of alkyl halides is 6. The highest BCUT2D eigenvalue weighted by Gasteiger charge is 2.31. The van der Waals surface area contributed by atoms with E-state index >= 15 is 0 Å². The third-order valence-electron chi connectivity index (χ3n) is 6.25. The van der Waals surface area contributed by atoms with Gasteiger partial charge >= 0.3 is 12.4 Å². The average Bonchev–Trinajstić information content (AvgIpc) is 3.75. The Kier molecular flexibility index (Phi) is 6.42. The van der Waals surface area contributed by atoms with Crippen molar-refractivity contribution in [3.63, 3.8) is 0 Å². The average molecular weight is 647 g/mol. The van der Waals surface area contributed by atoms with Crippen molar-refractivity contribution in [3.05, 3.63) is 84.2 Å². The van der Waals surface area contributed by atoms with Gasteiger partial charge < -0.3 is 0 Å². The third kappa shape index (κ3) is 5.08. The van der Waals surface area contributed by atoms with E-state index in [0.29, 0.717) is 21.1 Å². The minimum Gasteiger partial charge on any atom is -0.244 e. The first kappa shape index (κ1) is 27.1. The van der Waals surface area contributed by atoms with Gasteiger partial charge in [0.1, 0.15) is 20.0 Å². The molecule has 42 heavy (non-hydrogen) atoms. The molecule has 0 bridgehead atoms. The van der Waals surface area contributed by atoms with Crippen LogP contribution in [0.1, 0.15) is 11.1 Å². The summed E-state index contributed by atoms with van der Waals surface area (Å²) in [5.41, 5.74) is 1.31. The van der Waals surface area contributed by atoms with Crippen molar-refractivity contribution in [2.24, 2.45) is 0 Å². The zero-order chi connectivity index (χ0) is 29.2. The van der Waals surface area contributed by atoms with Gasteiger partial charge in [-0.05, 0) is 36.4 Å². The van der Waals surface area contributed by atoms with Crippen LogP contribution in [-0.2, 0) is 12.4 Å². The first-order chi connectivity index (χ1) is 20.0. The second kappa shape index (κ2) is 9.93. The van der Waals surface area contributed by atoms with Crippen LogP contribution >= 0.6 is 45.3 Å². The highest BCUT2D eigenvalue weighted by molar-refractivity contribution is 7.28. The first-order valence-corrected chi connectivity index (χ1v) is 15.3. The molecule has 14 heteroatoms. The Morgan fingerprint density at radius 1 is 0.476 bits per heavy atom. The number of thiazole rings is 4. The second-order valence-corrected chi connectivity index (χ2v) is 13.2. The van der Waals surface area contributed by atoms with Gasteiger partial charge in [0.2, 0.25) is 0 Å². The lowest BCUT2D eigenvalue weighted by Crippen LogP contribution is -2.03. The maximum Gasteiger partial charge on any atom is 0.416 e. The number of rotatable bonds is 4. The topological polar surface area (TPSA) is 51.6 Å². The van der Waals surface area contributed by atoms with E-state index in [1.807, 2.05) is 12.1 Å². The van der Waals surface area contributed by atoms with E-state index < -0.39 is 23.5 Å². The number of hydrogen-bond acceptors (Lipinski definition) is 8. The molecule has 0 aliphatic heterocycles. The molecule has 4 heterocycles. The molecule has 0 amide bonds. The van der Waals surface area contributed by atoms with E-state index in [0.717, 1.165) is 64.5 Å². The highest BCUT2D eigenvalue weighted by atomic mass is 32.1. The van der Waals surface area contributed by atoms with Crippen LogP contribution in [0, 0.1) is 0 Å². The molecule has 0 spiro atoms. The number of nitrogens with zero attached hydrogens (tertiary/aromatic N) is 4. The molecule has 0 saturated heterocycles. The fourth-order valence-electron chi connectivity index (χ4n) is 4.18. The van der Waals surface area contributed by atoms with E-state index in [1.165, 1.54) is 69.6 Å². The molecule has 210 valence electrons. The molecule has 0 N–H and O–H groups in total. The molecule has 0 fully saturated rings. The van der Waals surface area contributed by atoms with Crippen LogP contribution in [0.15, 0.2) is 73.1 Å². The summed E-state index contributed by atoms with van der Waals surface area (Å²) in [4.78, 5) is 19.9. The summed E-state index contributed by atoms with van der Waals surface area (Å²) in [6, 6.07) is 13.8. The Hall–Kier alpha value is -3.72. The molecule has 7 rings (SSSR count). The molecule has 0 aliphatic rings. The van der Waals surface area contributed by atoms with Crippen molar-refractivity contribution in [1.82, 2.24) is 19.9 Å². The van der Waals surface area contributed by atoms with Crippen LogP contribution in [0.3, 0.4) is 0 Å². The van der Waals surface area contributed by atoms with E-state index in [4.69, 9.17) is 9.97 Å². The van der Waals surface area contributed by atoms with Gasteiger partial charge in [-0.2, -0.15) is 26.3 Å². The van der Waals surface area contributed by atoms with Gasteiger partial charge in [0.25, 0.3) is 0 Å². The molecule has 4 nitrogen and oxygen atoms in total. The zero-order valence-electron chi connectivity index (χ0n) is 20.6. The van der Waals surface area contributed by atoms with Crippen molar-refractivity contribution in [1.29, 1.82) is 0 Å². The fraction of sp³-hybridized carbons (Fsp3) is 0.0714. The summed E-state index contributed by atoms with van der Waals surface area (Å²) in [5.74, 6) is 0. The summed E-state index contributed by atoms with van der Waals surface area (Å²) in [6.45, 7) is 0. The van der Waals surface area contributed by atoms with Crippen molar-refractivity contribution >= 4 is 65.8 Å². The molecule has 7 aromatic rings. The Morgan fingerprint density at radius 3 is 1.26 bits per heavy atom. The summed E-state index contributed by atoms with van der Waals surface area (Å²) in [5, 5.41) is 2.71. The van der Waals surface area contributed by atoms with E-state index in [9.17, 15) is 26.3 Å². The van der Waals surface area contributed by atoms with Gasteiger partial charge in [0.05, 0.1) is 41.3 Å². The minimum atomic E-state index is -4.39. The maximum absolute atomic E-state index is 12.9. The van der Waals surface area contributed by atoms with Crippen molar-refractivity contribution in [2.45, 2.75) is 12.4 Å². The van der Waals surface area contributed by atoms with Crippen molar-refractivity contribution in [3.8, 4) is 40.9 Å². The lowest BCUT2D eigenvalue weighted by molar-refractivity contribution is -0.138. The first-order valence-electron chi connectivity index (χ1n) is 12.0. The van der Waals surface area contributed by atoms with E-state index in [1.54, 1.807) is 12.4 Å². The summed E-state index contributed by atoms with van der Waals surface area (Å²) in [6.07, 6.45) is -5.44. The predicted octanol–water partition coefficient (Wildman–Crippen LogP) is 10.5. The van der Waals surface area contributed by atoms with Crippen LogP contribution in [0.25, 0.3) is 61.3 Å². The van der Waals surface area contributed by atoms with Crippen LogP contribution in [-0.4, -0.2) is 19.9 Å². The summed E-state index contributed by atoms with van der Waals surface area (Å²) in [7, 11) is 0. The molecular weight excluding hydrogens is 635 g/mol. The maximum atomic E-state index is 12.9. The molecular formula is C28H12F6N4S4. The number of fused-ring (bicyclic) bond motifs is 2. The van der Waals surface area contributed by atoms with Crippen molar-refractivity contribution < 1.29 is 26.3 Å². The molecule has 0 saturated carbocycles. The van der Waals surface area contributed by atoms with E-state index in [2.05, 4.69) is 9.97 Å². The highest BCUT2D eigenvalue weighted by Crippen LogP contribution is 2.42. The molecule has 3 aromatic carbocycles. The van der Waals surface area contributed by atoms with Gasteiger partial charge in [-0.15, -0.1) is 45.3 Å². The monoisotopic (exact) mass is 646 g/mol. The Balaban J connectivity index is 1.14. The quantitative estimate of drug-likeness (QED) is 0.179. The molecule has 4 aromatic heterocycles. The summed E-state index contributed by atoms with van der Waals surface area (Å²) >= 11 is 5.69. The predicted molar refractivity (Wildman–Crippen MR) is 156 cm³/mol. The van der Waals surface area contributed by atoms with Gasteiger partial charge in [-0.25, -0.2) is 19.9 Å². The molecule has 0 atom stereocenters. The molecule has 0 aliphatic carbocycles. The lowest BCUT2D eigenvalue weighted by atomic mass is 10.1. The number of hydrogen-bond donors (Lipinski definition) is 0. The standard InChI is InChI=1S/C28H12F6N4S4/c29-27(30,31)15-5-1-13(2-6-15)23-35-11-21(41-23)25-37-17-9-18-20(10-19(17)39-25)40-26(38-18)22-12-36-24(42-22)14-3-7-16(8-4-14)28(32,33)34/h1-12H. The van der Waals surface area contributed by atoms with Crippen LogP contribution < -0.4 is 0 Å². The normalized spacial score (nSPS) is 12.5. The second-order valence-electron chi connectivity index (χ2n) is 9.04.